The molecule has 2 aromatic carbocycles. The first-order valence-electron chi connectivity index (χ1n) is 12.2. The second kappa shape index (κ2) is 10.3. The Labute approximate surface area is 228 Å². The summed E-state index contributed by atoms with van der Waals surface area (Å²) in [6, 6.07) is 7.55. The van der Waals surface area contributed by atoms with Gasteiger partial charge in [0.2, 0.25) is 0 Å². The zero-order valence-electron chi connectivity index (χ0n) is 22.6. The van der Waals surface area contributed by atoms with Crippen molar-refractivity contribution in [1.82, 2.24) is 0 Å². The molecule has 3 heteroatoms. The van der Waals surface area contributed by atoms with E-state index in [1.807, 2.05) is 0 Å². The van der Waals surface area contributed by atoms with Crippen LogP contribution in [0.15, 0.2) is 39.7 Å². The molecule has 34 heavy (non-hydrogen) atoms. The summed E-state index contributed by atoms with van der Waals surface area (Å²) >= 11 is -2.10. The van der Waals surface area contributed by atoms with E-state index in [4.69, 9.17) is 0 Å². The van der Waals surface area contributed by atoms with Gasteiger partial charge in [0, 0.05) is 0 Å². The fourth-order valence-corrected chi connectivity index (χ4v) is 13.6. The Morgan fingerprint density at radius 1 is 0.824 bits per heavy atom. The van der Waals surface area contributed by atoms with Crippen molar-refractivity contribution in [3.63, 3.8) is 0 Å². The molecule has 2 aliphatic rings. The maximum atomic E-state index is 2.61. The Morgan fingerprint density at radius 3 is 1.94 bits per heavy atom. The molecule has 182 valence electrons. The van der Waals surface area contributed by atoms with Gasteiger partial charge in [-0.1, -0.05) is 0 Å². The molecule has 0 N–H and O–H groups in total. The van der Waals surface area contributed by atoms with Crippen molar-refractivity contribution < 1.29 is 46.1 Å². The quantitative estimate of drug-likeness (QED) is 0.438. The number of allylic oxidation sites excluding steroid dienone is 4. The summed E-state index contributed by atoms with van der Waals surface area (Å²) in [4.78, 5) is 0. The molecule has 0 unspecified atom stereocenters. The number of hydrogen-bond donors (Lipinski definition) is 0. The van der Waals surface area contributed by atoms with Crippen LogP contribution in [0.1, 0.15) is 95.2 Å². The first-order valence-corrected chi connectivity index (χ1v) is 15.8. The fraction of sp³-hybridized carbons (Fsp3) is 0.452. The normalized spacial score (nSPS) is 13.9. The summed E-state index contributed by atoms with van der Waals surface area (Å²) in [7, 11) is 0. The molecule has 0 aliphatic heterocycles. The summed E-state index contributed by atoms with van der Waals surface area (Å²) in [5, 5.41) is 0. The fourth-order valence-electron chi connectivity index (χ4n) is 5.51. The zero-order chi connectivity index (χ0) is 23.6. The first-order chi connectivity index (χ1) is 14.8. The van der Waals surface area contributed by atoms with Gasteiger partial charge in [0.05, 0.1) is 0 Å². The molecular formula is C31H40Cl2Zr. The van der Waals surface area contributed by atoms with Crippen LogP contribution in [0.4, 0.5) is 0 Å². The predicted octanol–water partition coefficient (Wildman–Crippen LogP) is 1.78. The SMILES string of the molecule is C[C](C)=[Zr+2]([C]1=CC=CC1)[c]1c(C(C)(C)C)cc2c(c1C)Cc1c(C)cc(C(C)(C)C)cc1-2.[Cl-].[Cl-]. The van der Waals surface area contributed by atoms with E-state index in [0.29, 0.717) is 0 Å². The van der Waals surface area contributed by atoms with Gasteiger partial charge in [-0.2, -0.15) is 0 Å². The van der Waals surface area contributed by atoms with Crippen molar-refractivity contribution in [3.05, 3.63) is 73.1 Å². The van der Waals surface area contributed by atoms with Crippen LogP contribution in [0.2, 0.25) is 0 Å². The smallest absolute Gasteiger partial charge is 1.00 e. The van der Waals surface area contributed by atoms with Crippen molar-refractivity contribution in [3.8, 4) is 11.1 Å². The maximum absolute atomic E-state index is 2.61. The number of halogens is 2. The van der Waals surface area contributed by atoms with E-state index < -0.39 is 21.3 Å². The molecule has 0 saturated carbocycles. The van der Waals surface area contributed by atoms with Crippen molar-refractivity contribution >= 4 is 6.48 Å². The van der Waals surface area contributed by atoms with E-state index in [2.05, 4.69) is 106 Å². The van der Waals surface area contributed by atoms with E-state index >= 15 is 0 Å². The van der Waals surface area contributed by atoms with E-state index in [-0.39, 0.29) is 35.6 Å². The van der Waals surface area contributed by atoms with E-state index in [0.717, 1.165) is 12.8 Å². The summed E-state index contributed by atoms with van der Waals surface area (Å²) in [5.41, 5.74) is 12.6. The number of benzene rings is 2. The van der Waals surface area contributed by atoms with Crippen LogP contribution in [0.5, 0.6) is 0 Å². The average molecular weight is 575 g/mol. The minimum atomic E-state index is -2.10. The minimum Gasteiger partial charge on any atom is -1.00 e. The maximum Gasteiger partial charge on any atom is -1.00 e. The third-order valence-electron chi connectivity index (χ3n) is 7.34. The number of hydrogen-bond acceptors (Lipinski definition) is 0. The van der Waals surface area contributed by atoms with Gasteiger partial charge in [0.15, 0.2) is 0 Å². The third kappa shape index (κ3) is 5.19. The zero-order valence-corrected chi connectivity index (χ0v) is 26.6. The van der Waals surface area contributed by atoms with Crippen molar-refractivity contribution in [2.24, 2.45) is 0 Å². The van der Waals surface area contributed by atoms with Crippen molar-refractivity contribution in [2.75, 3.05) is 0 Å². The molecule has 0 nitrogen and oxygen atoms in total. The van der Waals surface area contributed by atoms with Gasteiger partial charge in [0.25, 0.3) is 0 Å². The molecule has 0 atom stereocenters. The number of fused-ring (bicyclic) bond motifs is 3. The van der Waals surface area contributed by atoms with Crippen LogP contribution in [-0.4, -0.2) is 3.21 Å². The van der Waals surface area contributed by atoms with Crippen LogP contribution >= 0.6 is 0 Å². The molecule has 0 radical (unpaired) electrons. The molecule has 2 aliphatic carbocycles. The van der Waals surface area contributed by atoms with E-state index in [9.17, 15) is 0 Å². The standard InChI is InChI=1S/C23H29.C5H5.C3H6.2ClH.Zr/c1-14-9-16(22(3,4)5)11-20-18(14)13-19-15(2)10-17(12-21(19)20)23(6,7)8;1-2-4-5-3-1;1-3-2;;;/h9,11-12H,13H2,1-8H3;1-3H,4H2;1-2H3;2*1H;/q;;;;;+2/p-2. The third-order valence-corrected chi connectivity index (χ3v) is 15.1. The molecule has 0 spiro atoms. The average Bonchev–Trinajstić information content (AvgIpc) is 3.30. The van der Waals surface area contributed by atoms with Crippen LogP contribution in [0.25, 0.3) is 11.1 Å². The Bertz CT molecular complexity index is 1210. The largest absolute Gasteiger partial charge is 1.00 e. The summed E-state index contributed by atoms with van der Waals surface area (Å²) in [6.45, 7) is 23.8. The minimum absolute atomic E-state index is 0. The molecule has 0 heterocycles. The molecule has 4 rings (SSSR count). The summed E-state index contributed by atoms with van der Waals surface area (Å²) < 4.78 is 5.19. The van der Waals surface area contributed by atoms with Crippen LogP contribution in [-0.2, 0) is 38.5 Å². The topological polar surface area (TPSA) is 0 Å². The summed E-state index contributed by atoms with van der Waals surface area (Å²) in [5.74, 6) is 0. The monoisotopic (exact) mass is 572 g/mol. The predicted molar refractivity (Wildman–Crippen MR) is 139 cm³/mol. The Hall–Kier alpha value is -0.747. The van der Waals surface area contributed by atoms with Crippen molar-refractivity contribution in [2.45, 2.75) is 92.9 Å². The van der Waals surface area contributed by atoms with Crippen LogP contribution < -0.4 is 28.1 Å². The molecule has 2 aromatic rings. The van der Waals surface area contributed by atoms with E-state index in [1.165, 1.54) is 22.3 Å². The van der Waals surface area contributed by atoms with Gasteiger partial charge in [-0.3, -0.25) is 0 Å². The Morgan fingerprint density at radius 2 is 1.44 bits per heavy atom. The number of rotatable bonds is 2. The molecule has 0 fully saturated rings. The Balaban J connectivity index is 0.00000204. The van der Waals surface area contributed by atoms with Gasteiger partial charge in [-0.15, -0.1) is 0 Å². The molecule has 0 saturated heterocycles. The van der Waals surface area contributed by atoms with Crippen LogP contribution in [0.3, 0.4) is 0 Å². The number of aryl methyl sites for hydroxylation is 1. The van der Waals surface area contributed by atoms with Gasteiger partial charge in [0.1, 0.15) is 0 Å². The van der Waals surface area contributed by atoms with Crippen molar-refractivity contribution in [1.29, 1.82) is 0 Å². The van der Waals surface area contributed by atoms with Gasteiger partial charge >= 0.3 is 205 Å². The molecule has 0 aromatic heterocycles. The first kappa shape index (κ1) is 29.5. The van der Waals surface area contributed by atoms with Gasteiger partial charge < -0.3 is 24.8 Å². The summed E-state index contributed by atoms with van der Waals surface area (Å²) in [6.07, 6.45) is 9.33. The molecular weight excluding hydrogens is 534 g/mol. The van der Waals surface area contributed by atoms with E-state index in [1.54, 1.807) is 32.0 Å². The van der Waals surface area contributed by atoms with Gasteiger partial charge in [-0.25, -0.2) is 0 Å². The van der Waals surface area contributed by atoms with Gasteiger partial charge in [-0.05, 0) is 0 Å². The Kier molecular flexibility index (Phi) is 8.95. The molecule has 0 bridgehead atoms. The van der Waals surface area contributed by atoms with Crippen LogP contribution in [0, 0.1) is 13.8 Å². The second-order valence-corrected chi connectivity index (χ2v) is 19.3. The molecule has 0 amide bonds. The second-order valence-electron chi connectivity index (χ2n) is 12.1.